The highest BCUT2D eigenvalue weighted by Gasteiger charge is 2.20. The van der Waals surface area contributed by atoms with Gasteiger partial charge in [-0.15, -0.1) is 0 Å². The van der Waals surface area contributed by atoms with Gasteiger partial charge in [-0.05, 0) is 53.0 Å². The standard InChI is InChI=1S/C20H17BrN4O/c1-3-15-18(25-11-12(2)10-14(21)19(25)23-15)20(26)24-16-8-4-6-13-7-5-9-22-17(13)16/h4-11H,3H2,1-2H3,(H,24,26). The summed E-state index contributed by atoms with van der Waals surface area (Å²) in [5, 5.41) is 4.00. The van der Waals surface area contributed by atoms with E-state index in [1.165, 1.54) is 0 Å². The van der Waals surface area contributed by atoms with E-state index in [4.69, 9.17) is 0 Å². The van der Waals surface area contributed by atoms with Crippen molar-refractivity contribution in [1.82, 2.24) is 14.4 Å². The monoisotopic (exact) mass is 408 g/mol. The smallest absolute Gasteiger partial charge is 0.274 e. The minimum absolute atomic E-state index is 0.190. The molecule has 0 atom stereocenters. The highest BCUT2D eigenvalue weighted by Crippen LogP contribution is 2.25. The van der Waals surface area contributed by atoms with Gasteiger partial charge in [0.05, 0.1) is 21.4 Å². The summed E-state index contributed by atoms with van der Waals surface area (Å²) in [4.78, 5) is 22.2. The molecule has 3 heterocycles. The van der Waals surface area contributed by atoms with Crippen LogP contribution >= 0.6 is 15.9 Å². The van der Waals surface area contributed by atoms with Crippen LogP contribution < -0.4 is 5.32 Å². The second kappa shape index (κ2) is 6.53. The Balaban J connectivity index is 1.83. The zero-order chi connectivity index (χ0) is 18.3. The third kappa shape index (κ3) is 2.76. The molecule has 130 valence electrons. The van der Waals surface area contributed by atoms with Crippen LogP contribution in [-0.2, 0) is 6.42 Å². The largest absolute Gasteiger partial charge is 0.319 e. The van der Waals surface area contributed by atoms with Gasteiger partial charge in [0, 0.05) is 17.8 Å². The summed E-state index contributed by atoms with van der Waals surface area (Å²) in [6, 6.07) is 11.6. The number of hydrogen-bond acceptors (Lipinski definition) is 3. The van der Waals surface area contributed by atoms with E-state index in [0.717, 1.165) is 32.3 Å². The predicted molar refractivity (Wildman–Crippen MR) is 107 cm³/mol. The number of rotatable bonds is 3. The molecule has 0 aliphatic heterocycles. The fourth-order valence-corrected chi connectivity index (χ4v) is 3.79. The van der Waals surface area contributed by atoms with E-state index in [1.807, 2.05) is 60.8 Å². The number of carbonyl (C=O) groups excluding carboxylic acids is 1. The summed E-state index contributed by atoms with van der Waals surface area (Å²) in [5.41, 5.74) is 4.57. The van der Waals surface area contributed by atoms with Crippen molar-refractivity contribution in [1.29, 1.82) is 0 Å². The maximum Gasteiger partial charge on any atom is 0.274 e. The molecule has 0 aliphatic rings. The third-order valence-electron chi connectivity index (χ3n) is 4.31. The van der Waals surface area contributed by atoms with E-state index in [-0.39, 0.29) is 5.91 Å². The third-order valence-corrected chi connectivity index (χ3v) is 4.90. The summed E-state index contributed by atoms with van der Waals surface area (Å²) < 4.78 is 2.73. The average Bonchev–Trinajstić information content (AvgIpc) is 3.01. The molecule has 26 heavy (non-hydrogen) atoms. The number of hydrogen-bond donors (Lipinski definition) is 1. The van der Waals surface area contributed by atoms with Gasteiger partial charge < -0.3 is 5.32 Å². The number of aromatic nitrogens is 3. The van der Waals surface area contributed by atoms with Gasteiger partial charge in [-0.1, -0.05) is 25.1 Å². The number of nitrogens with one attached hydrogen (secondary N) is 1. The lowest BCUT2D eigenvalue weighted by Crippen LogP contribution is -2.16. The normalized spacial score (nSPS) is 11.2. The van der Waals surface area contributed by atoms with E-state index >= 15 is 0 Å². The van der Waals surface area contributed by atoms with Crippen LogP contribution in [0.5, 0.6) is 0 Å². The van der Waals surface area contributed by atoms with Crippen LogP contribution in [0.2, 0.25) is 0 Å². The molecule has 0 saturated carbocycles. The van der Waals surface area contributed by atoms with E-state index in [2.05, 4.69) is 31.2 Å². The second-order valence-electron chi connectivity index (χ2n) is 6.15. The van der Waals surface area contributed by atoms with E-state index < -0.39 is 0 Å². The molecule has 0 saturated heterocycles. The Hall–Kier alpha value is -2.73. The Morgan fingerprint density at radius 3 is 2.88 bits per heavy atom. The lowest BCUT2D eigenvalue weighted by molar-refractivity contribution is 0.102. The van der Waals surface area contributed by atoms with Gasteiger partial charge in [-0.25, -0.2) is 4.98 Å². The van der Waals surface area contributed by atoms with Crippen LogP contribution in [0.1, 0.15) is 28.7 Å². The zero-order valence-electron chi connectivity index (χ0n) is 14.5. The lowest BCUT2D eigenvalue weighted by Gasteiger charge is -2.09. The van der Waals surface area contributed by atoms with Crippen molar-refractivity contribution < 1.29 is 4.79 Å². The van der Waals surface area contributed by atoms with Crippen LogP contribution in [0, 0.1) is 6.92 Å². The molecule has 0 spiro atoms. The Morgan fingerprint density at radius 1 is 1.27 bits per heavy atom. The fraction of sp³-hybridized carbons (Fsp3) is 0.150. The van der Waals surface area contributed by atoms with Gasteiger partial charge in [-0.3, -0.25) is 14.2 Å². The minimum Gasteiger partial charge on any atom is -0.319 e. The van der Waals surface area contributed by atoms with Crippen LogP contribution in [0.3, 0.4) is 0 Å². The van der Waals surface area contributed by atoms with Crippen molar-refractivity contribution in [2.75, 3.05) is 5.32 Å². The van der Waals surface area contributed by atoms with Gasteiger partial charge >= 0.3 is 0 Å². The molecular formula is C20H17BrN4O. The Labute approximate surface area is 159 Å². The maximum absolute atomic E-state index is 13.1. The van der Waals surface area contributed by atoms with Crippen LogP contribution in [0.15, 0.2) is 53.3 Å². The van der Waals surface area contributed by atoms with Crippen LogP contribution in [-0.4, -0.2) is 20.3 Å². The first-order valence-corrected chi connectivity index (χ1v) is 9.20. The van der Waals surface area contributed by atoms with Crippen molar-refractivity contribution >= 4 is 44.1 Å². The van der Waals surface area contributed by atoms with E-state index in [0.29, 0.717) is 17.8 Å². The zero-order valence-corrected chi connectivity index (χ0v) is 16.0. The van der Waals surface area contributed by atoms with Gasteiger partial charge in [0.1, 0.15) is 5.69 Å². The number of fused-ring (bicyclic) bond motifs is 2. The molecule has 4 aromatic rings. The number of anilines is 1. The second-order valence-corrected chi connectivity index (χ2v) is 7.01. The lowest BCUT2D eigenvalue weighted by atomic mass is 10.2. The molecule has 0 bridgehead atoms. The molecule has 1 N–H and O–H groups in total. The molecule has 0 fully saturated rings. The molecule has 0 aliphatic carbocycles. The molecule has 4 rings (SSSR count). The Morgan fingerprint density at radius 2 is 2.08 bits per heavy atom. The number of para-hydroxylation sites is 1. The summed E-state index contributed by atoms with van der Waals surface area (Å²) in [7, 11) is 0. The molecule has 3 aromatic heterocycles. The van der Waals surface area contributed by atoms with Gasteiger partial charge in [-0.2, -0.15) is 0 Å². The van der Waals surface area contributed by atoms with E-state index in [1.54, 1.807) is 6.20 Å². The number of nitrogens with zero attached hydrogens (tertiary/aromatic N) is 3. The van der Waals surface area contributed by atoms with Crippen molar-refractivity contribution in [3.05, 3.63) is 70.2 Å². The fourth-order valence-electron chi connectivity index (χ4n) is 3.15. The summed E-state index contributed by atoms with van der Waals surface area (Å²) >= 11 is 3.55. The molecule has 0 unspecified atom stereocenters. The molecule has 1 amide bonds. The first-order valence-electron chi connectivity index (χ1n) is 8.40. The van der Waals surface area contributed by atoms with E-state index in [9.17, 15) is 4.79 Å². The number of amides is 1. The van der Waals surface area contributed by atoms with Gasteiger partial charge in [0.2, 0.25) is 0 Å². The Bertz CT molecular complexity index is 1140. The highest BCUT2D eigenvalue weighted by molar-refractivity contribution is 9.10. The van der Waals surface area contributed by atoms with Gasteiger partial charge in [0.15, 0.2) is 5.65 Å². The number of carbonyl (C=O) groups is 1. The number of halogens is 1. The Kier molecular flexibility index (Phi) is 4.20. The summed E-state index contributed by atoms with van der Waals surface area (Å²) in [5.74, 6) is -0.190. The first-order chi connectivity index (χ1) is 12.6. The number of imidazole rings is 1. The van der Waals surface area contributed by atoms with Crippen LogP contribution in [0.25, 0.3) is 16.6 Å². The number of pyridine rings is 2. The van der Waals surface area contributed by atoms with Crippen molar-refractivity contribution in [3.63, 3.8) is 0 Å². The minimum atomic E-state index is -0.190. The van der Waals surface area contributed by atoms with Crippen LogP contribution in [0.4, 0.5) is 5.69 Å². The maximum atomic E-state index is 13.1. The topological polar surface area (TPSA) is 59.3 Å². The quantitative estimate of drug-likeness (QED) is 0.531. The number of aryl methyl sites for hydroxylation is 2. The number of benzene rings is 1. The summed E-state index contributed by atoms with van der Waals surface area (Å²) in [6.07, 6.45) is 4.33. The van der Waals surface area contributed by atoms with Crippen molar-refractivity contribution in [3.8, 4) is 0 Å². The van der Waals surface area contributed by atoms with Gasteiger partial charge in [0.25, 0.3) is 5.91 Å². The van der Waals surface area contributed by atoms with Crippen molar-refractivity contribution in [2.24, 2.45) is 0 Å². The molecule has 6 heteroatoms. The SMILES string of the molecule is CCc1nc2c(Br)cc(C)cn2c1C(=O)Nc1cccc2cccnc12. The molecule has 0 radical (unpaired) electrons. The molecule has 5 nitrogen and oxygen atoms in total. The highest BCUT2D eigenvalue weighted by atomic mass is 79.9. The average molecular weight is 409 g/mol. The molecule has 1 aromatic carbocycles. The summed E-state index contributed by atoms with van der Waals surface area (Å²) in [6.45, 7) is 3.99. The predicted octanol–water partition coefficient (Wildman–Crippen LogP) is 4.77. The first kappa shape index (κ1) is 16.7. The van der Waals surface area contributed by atoms with Crippen molar-refractivity contribution in [2.45, 2.75) is 20.3 Å². The molecular weight excluding hydrogens is 392 g/mol.